The lowest BCUT2D eigenvalue weighted by Crippen LogP contribution is -2.09. The monoisotopic (exact) mass is 407 g/mol. The average molecular weight is 408 g/mol. The number of benzene rings is 1. The molecule has 1 amide bonds. The van der Waals surface area contributed by atoms with Crippen LogP contribution >= 0.6 is 49.9 Å². The van der Waals surface area contributed by atoms with Crippen LogP contribution in [0.25, 0.3) is 0 Å². The predicted molar refractivity (Wildman–Crippen MR) is 79.1 cm³/mol. The second-order valence-electron chi connectivity index (χ2n) is 3.07. The molecule has 1 aromatic heterocycles. The molecule has 2 aromatic rings. The summed E-state index contributed by atoms with van der Waals surface area (Å²) < 4.78 is 2.06. The Bertz CT molecular complexity index is 526. The molecule has 0 unspecified atom stereocenters. The zero-order chi connectivity index (χ0) is 11.5. The summed E-state index contributed by atoms with van der Waals surface area (Å²) in [7, 11) is 0. The lowest BCUT2D eigenvalue weighted by Gasteiger charge is -2.03. The summed E-state index contributed by atoms with van der Waals surface area (Å²) in [6.45, 7) is 0. The summed E-state index contributed by atoms with van der Waals surface area (Å²) >= 11 is 6.97. The van der Waals surface area contributed by atoms with Crippen LogP contribution in [0, 0.1) is 3.57 Å². The SMILES string of the molecule is O=C(Nc1cccc(I)c1)c1ccc(Br)s1. The van der Waals surface area contributed by atoms with Gasteiger partial charge in [-0.25, -0.2) is 0 Å². The summed E-state index contributed by atoms with van der Waals surface area (Å²) in [5.41, 5.74) is 0.821. The molecule has 0 saturated heterocycles. The minimum Gasteiger partial charge on any atom is -0.321 e. The Kier molecular flexibility index (Phi) is 3.99. The highest BCUT2D eigenvalue weighted by Gasteiger charge is 2.08. The molecule has 0 atom stereocenters. The molecule has 0 aliphatic carbocycles. The molecule has 1 N–H and O–H groups in total. The van der Waals surface area contributed by atoms with Gasteiger partial charge in [-0.15, -0.1) is 11.3 Å². The van der Waals surface area contributed by atoms with Crippen LogP contribution in [0.1, 0.15) is 9.67 Å². The molecule has 82 valence electrons. The van der Waals surface area contributed by atoms with Crippen LogP contribution in [-0.4, -0.2) is 5.91 Å². The highest BCUT2D eigenvalue weighted by molar-refractivity contribution is 14.1. The molecule has 1 heterocycles. The van der Waals surface area contributed by atoms with Gasteiger partial charge < -0.3 is 5.32 Å². The standard InChI is InChI=1S/C11H7BrINOS/c12-10-5-4-9(16-10)11(15)14-8-3-1-2-7(13)6-8/h1-6H,(H,14,15). The summed E-state index contributed by atoms with van der Waals surface area (Å²) in [5, 5.41) is 2.86. The fourth-order valence-electron chi connectivity index (χ4n) is 1.20. The Balaban J connectivity index is 2.13. The molecule has 2 rings (SSSR count). The van der Waals surface area contributed by atoms with Crippen molar-refractivity contribution in [3.05, 3.63) is 48.6 Å². The van der Waals surface area contributed by atoms with E-state index in [9.17, 15) is 4.79 Å². The molecular weight excluding hydrogens is 401 g/mol. The van der Waals surface area contributed by atoms with Gasteiger partial charge in [0.05, 0.1) is 8.66 Å². The van der Waals surface area contributed by atoms with Crippen molar-refractivity contribution in [3.8, 4) is 0 Å². The van der Waals surface area contributed by atoms with Gasteiger partial charge in [-0.05, 0) is 68.9 Å². The van der Waals surface area contributed by atoms with Gasteiger partial charge in [0, 0.05) is 9.26 Å². The molecule has 0 saturated carbocycles. The molecular formula is C11H7BrINOS. The number of carbonyl (C=O) groups is 1. The first kappa shape index (κ1) is 12.1. The van der Waals surface area contributed by atoms with Crippen molar-refractivity contribution in [2.24, 2.45) is 0 Å². The normalized spacial score (nSPS) is 10.1. The first-order valence-electron chi connectivity index (χ1n) is 4.47. The molecule has 0 aliphatic rings. The van der Waals surface area contributed by atoms with Crippen molar-refractivity contribution in [1.29, 1.82) is 0 Å². The lowest BCUT2D eigenvalue weighted by molar-refractivity contribution is 0.103. The molecule has 0 fully saturated rings. The number of anilines is 1. The van der Waals surface area contributed by atoms with Crippen LogP contribution < -0.4 is 5.32 Å². The molecule has 0 aliphatic heterocycles. The fraction of sp³-hybridized carbons (Fsp3) is 0. The van der Waals surface area contributed by atoms with E-state index in [1.54, 1.807) is 6.07 Å². The predicted octanol–water partition coefficient (Wildman–Crippen LogP) is 4.37. The number of thiophene rings is 1. The van der Waals surface area contributed by atoms with Gasteiger partial charge in [-0.2, -0.15) is 0 Å². The van der Waals surface area contributed by atoms with Crippen molar-refractivity contribution in [1.82, 2.24) is 0 Å². The van der Waals surface area contributed by atoms with E-state index < -0.39 is 0 Å². The van der Waals surface area contributed by atoms with E-state index in [1.807, 2.05) is 30.3 Å². The Hall–Kier alpha value is -0.400. The number of nitrogens with one attached hydrogen (secondary N) is 1. The van der Waals surface area contributed by atoms with E-state index in [0.717, 1.165) is 13.0 Å². The third-order valence-electron chi connectivity index (χ3n) is 1.88. The maximum Gasteiger partial charge on any atom is 0.265 e. The lowest BCUT2D eigenvalue weighted by atomic mass is 10.3. The molecule has 1 aromatic carbocycles. The smallest absolute Gasteiger partial charge is 0.265 e. The summed E-state index contributed by atoms with van der Waals surface area (Å²) in [6, 6.07) is 11.4. The van der Waals surface area contributed by atoms with E-state index in [4.69, 9.17) is 0 Å². The number of hydrogen-bond acceptors (Lipinski definition) is 2. The Morgan fingerprint density at radius 2 is 2.12 bits per heavy atom. The van der Waals surface area contributed by atoms with E-state index in [2.05, 4.69) is 43.8 Å². The average Bonchev–Trinajstić information content (AvgIpc) is 2.65. The Morgan fingerprint density at radius 3 is 2.75 bits per heavy atom. The largest absolute Gasteiger partial charge is 0.321 e. The first-order valence-corrected chi connectivity index (χ1v) is 7.16. The van der Waals surface area contributed by atoms with Crippen LogP contribution in [0.5, 0.6) is 0 Å². The molecule has 16 heavy (non-hydrogen) atoms. The summed E-state index contributed by atoms with van der Waals surface area (Å²) in [5.74, 6) is -0.0716. The van der Waals surface area contributed by atoms with Gasteiger partial charge in [0.2, 0.25) is 0 Å². The molecule has 0 bridgehead atoms. The molecule has 0 spiro atoms. The van der Waals surface area contributed by atoms with E-state index >= 15 is 0 Å². The topological polar surface area (TPSA) is 29.1 Å². The third-order valence-corrected chi connectivity index (χ3v) is 4.17. The van der Waals surface area contributed by atoms with E-state index in [1.165, 1.54) is 11.3 Å². The minimum absolute atomic E-state index is 0.0716. The van der Waals surface area contributed by atoms with Crippen LogP contribution in [-0.2, 0) is 0 Å². The zero-order valence-electron chi connectivity index (χ0n) is 8.04. The second-order valence-corrected chi connectivity index (χ2v) is 6.78. The van der Waals surface area contributed by atoms with Crippen LogP contribution in [0.15, 0.2) is 40.2 Å². The van der Waals surface area contributed by atoms with Crippen molar-refractivity contribution < 1.29 is 4.79 Å². The van der Waals surface area contributed by atoms with Gasteiger partial charge in [0.25, 0.3) is 5.91 Å². The van der Waals surface area contributed by atoms with Crippen molar-refractivity contribution in [2.45, 2.75) is 0 Å². The van der Waals surface area contributed by atoms with Gasteiger partial charge in [0.15, 0.2) is 0 Å². The number of amides is 1. The fourth-order valence-corrected chi connectivity index (χ4v) is 3.02. The second kappa shape index (κ2) is 5.29. The highest BCUT2D eigenvalue weighted by Crippen LogP contribution is 2.23. The molecule has 5 heteroatoms. The Labute approximate surface area is 119 Å². The van der Waals surface area contributed by atoms with Crippen LogP contribution in [0.3, 0.4) is 0 Å². The maximum absolute atomic E-state index is 11.8. The highest BCUT2D eigenvalue weighted by atomic mass is 127. The summed E-state index contributed by atoms with van der Waals surface area (Å²) in [6.07, 6.45) is 0. The third kappa shape index (κ3) is 3.05. The molecule has 2 nitrogen and oxygen atoms in total. The number of rotatable bonds is 2. The molecule has 0 radical (unpaired) electrons. The van der Waals surface area contributed by atoms with Crippen LogP contribution in [0.4, 0.5) is 5.69 Å². The van der Waals surface area contributed by atoms with Crippen molar-refractivity contribution in [3.63, 3.8) is 0 Å². The van der Waals surface area contributed by atoms with Crippen molar-refractivity contribution in [2.75, 3.05) is 5.32 Å². The zero-order valence-corrected chi connectivity index (χ0v) is 12.6. The van der Waals surface area contributed by atoms with E-state index in [0.29, 0.717) is 4.88 Å². The van der Waals surface area contributed by atoms with Crippen molar-refractivity contribution >= 4 is 61.5 Å². The van der Waals surface area contributed by atoms with Crippen LogP contribution in [0.2, 0.25) is 0 Å². The van der Waals surface area contributed by atoms with E-state index in [-0.39, 0.29) is 5.91 Å². The number of carbonyl (C=O) groups excluding carboxylic acids is 1. The quantitative estimate of drug-likeness (QED) is 0.736. The van der Waals surface area contributed by atoms with Gasteiger partial charge >= 0.3 is 0 Å². The maximum atomic E-state index is 11.8. The summed E-state index contributed by atoms with van der Waals surface area (Å²) in [4.78, 5) is 12.5. The Morgan fingerprint density at radius 1 is 1.31 bits per heavy atom. The minimum atomic E-state index is -0.0716. The van der Waals surface area contributed by atoms with Gasteiger partial charge in [-0.1, -0.05) is 6.07 Å². The number of halogens is 2. The number of hydrogen-bond donors (Lipinski definition) is 1. The first-order chi connectivity index (χ1) is 7.65. The van der Waals surface area contributed by atoms with Gasteiger partial charge in [-0.3, -0.25) is 4.79 Å². The van der Waals surface area contributed by atoms with Gasteiger partial charge in [0.1, 0.15) is 0 Å².